The molecule has 2 heterocycles. The molecule has 1 saturated heterocycles. The minimum atomic E-state index is -0.674. The highest BCUT2D eigenvalue weighted by Crippen LogP contribution is 2.32. The van der Waals surface area contributed by atoms with Crippen molar-refractivity contribution < 1.29 is 19.0 Å². The summed E-state index contributed by atoms with van der Waals surface area (Å²) in [5.41, 5.74) is -1.19. The summed E-state index contributed by atoms with van der Waals surface area (Å²) in [6.45, 7) is 10.4. The van der Waals surface area contributed by atoms with Crippen LogP contribution in [-0.2, 0) is 14.2 Å². The Kier molecular flexibility index (Phi) is 3.62. The molecule has 19 heavy (non-hydrogen) atoms. The average molecular weight is 269 g/mol. The highest BCUT2D eigenvalue weighted by atomic mass is 16.6. The molecule has 2 atom stereocenters. The molecule has 0 bridgehead atoms. The molecule has 0 aromatic carbocycles. The molecule has 0 radical (unpaired) electrons. The maximum Gasteiger partial charge on any atom is 0.413 e. The predicted molar refractivity (Wildman–Crippen MR) is 70.8 cm³/mol. The summed E-state index contributed by atoms with van der Waals surface area (Å²) < 4.78 is 16.8. The molecule has 2 rings (SSSR count). The van der Waals surface area contributed by atoms with Gasteiger partial charge in [-0.1, -0.05) is 12.2 Å². The van der Waals surface area contributed by atoms with Crippen LogP contribution in [0.15, 0.2) is 12.2 Å². The Hall–Kier alpha value is -1.07. The van der Waals surface area contributed by atoms with Crippen LogP contribution < -0.4 is 0 Å². The molecule has 0 aromatic rings. The van der Waals surface area contributed by atoms with Crippen LogP contribution in [0.4, 0.5) is 4.79 Å². The van der Waals surface area contributed by atoms with Gasteiger partial charge in [0, 0.05) is 0 Å². The molecule has 0 saturated carbocycles. The van der Waals surface area contributed by atoms with Crippen molar-refractivity contribution in [1.29, 1.82) is 0 Å². The van der Waals surface area contributed by atoms with Crippen LogP contribution in [0, 0.1) is 0 Å². The first-order valence-corrected chi connectivity index (χ1v) is 6.65. The molecule has 1 fully saturated rings. The maximum atomic E-state index is 12.4. The lowest BCUT2D eigenvalue weighted by atomic mass is 10.1. The first-order chi connectivity index (χ1) is 8.71. The largest absolute Gasteiger partial charge is 0.444 e. The molecule has 1 unspecified atom stereocenters. The molecular formula is C14H23NO4. The summed E-state index contributed by atoms with van der Waals surface area (Å²) >= 11 is 0. The first kappa shape index (κ1) is 14.3. The van der Waals surface area contributed by atoms with Gasteiger partial charge in [-0.25, -0.2) is 4.79 Å². The maximum absolute atomic E-state index is 12.4. The molecule has 0 aliphatic carbocycles. The van der Waals surface area contributed by atoms with Crippen LogP contribution in [0.25, 0.3) is 0 Å². The number of amides is 1. The van der Waals surface area contributed by atoms with Crippen molar-refractivity contribution in [3.8, 4) is 0 Å². The van der Waals surface area contributed by atoms with Gasteiger partial charge in [0.25, 0.3) is 0 Å². The molecule has 2 aliphatic heterocycles. The Bertz CT molecular complexity index is 383. The topological polar surface area (TPSA) is 48.0 Å². The number of rotatable bonds is 1. The molecular weight excluding hydrogens is 246 g/mol. The molecule has 5 heteroatoms. The van der Waals surface area contributed by atoms with Crippen molar-refractivity contribution in [2.75, 3.05) is 13.2 Å². The fourth-order valence-electron chi connectivity index (χ4n) is 2.39. The number of carbonyl (C=O) groups excluding carboxylic acids is 1. The van der Waals surface area contributed by atoms with Gasteiger partial charge in [-0.05, 0) is 34.6 Å². The van der Waals surface area contributed by atoms with Crippen molar-refractivity contribution in [3.63, 3.8) is 0 Å². The Balaban J connectivity index is 2.16. The zero-order valence-electron chi connectivity index (χ0n) is 12.3. The van der Waals surface area contributed by atoms with Gasteiger partial charge in [0.15, 0.2) is 0 Å². The summed E-state index contributed by atoms with van der Waals surface area (Å²) in [6, 6.07) is -0.136. The summed E-state index contributed by atoms with van der Waals surface area (Å²) in [7, 11) is 0. The van der Waals surface area contributed by atoms with Gasteiger partial charge in [0.2, 0.25) is 0 Å². The Morgan fingerprint density at radius 1 is 1.42 bits per heavy atom. The van der Waals surface area contributed by atoms with E-state index >= 15 is 0 Å². The highest BCUT2D eigenvalue weighted by molar-refractivity contribution is 5.70. The normalized spacial score (nSPS) is 29.8. The lowest BCUT2D eigenvalue weighted by Crippen LogP contribution is -2.53. The molecule has 2 aliphatic rings. The molecule has 0 aromatic heterocycles. The van der Waals surface area contributed by atoms with E-state index in [1.54, 1.807) is 4.90 Å². The molecule has 0 N–H and O–H groups in total. The first-order valence-electron chi connectivity index (χ1n) is 6.65. The number of nitrogens with zero attached hydrogens (tertiary/aromatic N) is 1. The van der Waals surface area contributed by atoms with Gasteiger partial charge in [0.05, 0.1) is 25.4 Å². The van der Waals surface area contributed by atoms with E-state index in [1.807, 2.05) is 46.8 Å². The van der Waals surface area contributed by atoms with Crippen LogP contribution in [0.3, 0.4) is 0 Å². The number of ether oxygens (including phenoxy) is 3. The van der Waals surface area contributed by atoms with Gasteiger partial charge >= 0.3 is 6.09 Å². The van der Waals surface area contributed by atoms with Crippen molar-refractivity contribution in [3.05, 3.63) is 12.2 Å². The minimum absolute atomic E-state index is 0.116. The predicted octanol–water partition coefficient (Wildman–Crippen LogP) is 2.31. The van der Waals surface area contributed by atoms with Gasteiger partial charge in [-0.2, -0.15) is 0 Å². The van der Waals surface area contributed by atoms with E-state index in [0.29, 0.717) is 13.2 Å². The third kappa shape index (κ3) is 3.09. The third-order valence-electron chi connectivity index (χ3n) is 3.20. The van der Waals surface area contributed by atoms with Crippen LogP contribution in [0.1, 0.15) is 34.6 Å². The molecule has 0 spiro atoms. The van der Waals surface area contributed by atoms with Crippen molar-refractivity contribution in [2.24, 2.45) is 0 Å². The average Bonchev–Trinajstić information content (AvgIpc) is 2.81. The fraction of sp³-hybridized carbons (Fsp3) is 0.786. The van der Waals surface area contributed by atoms with Crippen molar-refractivity contribution >= 4 is 6.09 Å². The Morgan fingerprint density at radius 3 is 2.63 bits per heavy atom. The van der Waals surface area contributed by atoms with Crippen molar-refractivity contribution in [1.82, 2.24) is 4.90 Å². The summed E-state index contributed by atoms with van der Waals surface area (Å²) in [5, 5.41) is 0. The monoisotopic (exact) mass is 269 g/mol. The number of carbonyl (C=O) groups is 1. The quantitative estimate of drug-likeness (QED) is 0.685. The standard InChI is InChI=1S/C14H23NO4/c1-13(2,3)19-12(16)15-10(9-18-14(15,4)5)11-7-6-8-17-11/h6-7,10-11H,8-9H2,1-5H3/t10?,11-/m0/s1. The fourth-order valence-corrected chi connectivity index (χ4v) is 2.39. The zero-order chi connectivity index (χ0) is 14.3. The van der Waals surface area contributed by atoms with Gasteiger partial charge in [0.1, 0.15) is 11.3 Å². The van der Waals surface area contributed by atoms with Crippen LogP contribution in [-0.4, -0.2) is 47.7 Å². The highest BCUT2D eigenvalue weighted by Gasteiger charge is 2.48. The van der Waals surface area contributed by atoms with Crippen LogP contribution in [0.2, 0.25) is 0 Å². The molecule has 108 valence electrons. The lowest BCUT2D eigenvalue weighted by Gasteiger charge is -2.36. The van der Waals surface area contributed by atoms with Crippen molar-refractivity contribution in [2.45, 2.75) is 58.1 Å². The Labute approximate surface area is 114 Å². The van der Waals surface area contributed by atoms with E-state index in [1.165, 1.54) is 0 Å². The third-order valence-corrected chi connectivity index (χ3v) is 3.20. The minimum Gasteiger partial charge on any atom is -0.444 e. The van der Waals surface area contributed by atoms with E-state index in [9.17, 15) is 4.79 Å². The van der Waals surface area contributed by atoms with Crippen LogP contribution >= 0.6 is 0 Å². The molecule has 1 amide bonds. The Morgan fingerprint density at radius 2 is 2.11 bits per heavy atom. The second kappa shape index (κ2) is 4.80. The number of hydrogen-bond acceptors (Lipinski definition) is 4. The second-order valence-corrected chi connectivity index (χ2v) is 6.40. The lowest BCUT2D eigenvalue weighted by molar-refractivity contribution is -0.0674. The zero-order valence-corrected chi connectivity index (χ0v) is 12.3. The van der Waals surface area contributed by atoms with E-state index in [2.05, 4.69) is 0 Å². The van der Waals surface area contributed by atoms with E-state index in [4.69, 9.17) is 14.2 Å². The summed E-state index contributed by atoms with van der Waals surface area (Å²) in [4.78, 5) is 14.0. The smallest absolute Gasteiger partial charge is 0.413 e. The van der Waals surface area contributed by atoms with Gasteiger partial charge in [-0.3, -0.25) is 4.90 Å². The molecule has 5 nitrogen and oxygen atoms in total. The van der Waals surface area contributed by atoms with E-state index < -0.39 is 11.3 Å². The van der Waals surface area contributed by atoms with E-state index in [0.717, 1.165) is 0 Å². The number of hydrogen-bond donors (Lipinski definition) is 0. The second-order valence-electron chi connectivity index (χ2n) is 6.40. The summed E-state index contributed by atoms with van der Waals surface area (Å²) in [6.07, 6.45) is 3.47. The van der Waals surface area contributed by atoms with Gasteiger partial charge in [-0.15, -0.1) is 0 Å². The summed E-state index contributed by atoms with van der Waals surface area (Å²) in [5.74, 6) is 0. The van der Waals surface area contributed by atoms with Crippen LogP contribution in [0.5, 0.6) is 0 Å². The van der Waals surface area contributed by atoms with E-state index in [-0.39, 0.29) is 18.2 Å². The SMILES string of the molecule is CC(C)(C)OC(=O)N1C([C@@H]2C=CCO2)COC1(C)C. The van der Waals surface area contributed by atoms with Gasteiger partial charge < -0.3 is 14.2 Å².